The first-order valence-corrected chi connectivity index (χ1v) is 13.3. The Hall–Kier alpha value is -3.78. The Labute approximate surface area is 234 Å². The summed E-state index contributed by atoms with van der Waals surface area (Å²) in [7, 11) is 0. The number of halogens is 4. The molecular weight excluding hydrogens is 575 g/mol. The van der Waals surface area contributed by atoms with Crippen molar-refractivity contribution >= 4 is 52.3 Å². The number of ketones is 1. The second-order valence-corrected chi connectivity index (χ2v) is 10.5. The highest BCUT2D eigenvalue weighted by Gasteiger charge is 2.37. The number of anilines is 1. The van der Waals surface area contributed by atoms with Gasteiger partial charge in [0.1, 0.15) is 12.4 Å². The molecule has 2 N–H and O–H groups in total. The number of carbonyl (C=O) groups is 4. The van der Waals surface area contributed by atoms with E-state index < -0.39 is 35.4 Å². The predicted octanol–water partition coefficient (Wildman–Crippen LogP) is 4.25. The van der Waals surface area contributed by atoms with Crippen molar-refractivity contribution in [3.8, 4) is 0 Å². The number of rotatable bonds is 8. The third kappa shape index (κ3) is 6.50. The average molecular weight is 598 g/mol. The largest absolute Gasteiger partial charge is 0.480 e. The van der Waals surface area contributed by atoms with Crippen molar-refractivity contribution in [1.82, 2.24) is 19.7 Å². The molecule has 1 fully saturated rings. The highest BCUT2D eigenvalue weighted by molar-refractivity contribution is 7.10. The molecule has 10 nitrogen and oxygen atoms in total. The summed E-state index contributed by atoms with van der Waals surface area (Å²) in [6.07, 6.45) is -3.54. The molecule has 1 aliphatic heterocycles. The van der Waals surface area contributed by atoms with Gasteiger partial charge in [-0.25, -0.2) is 4.98 Å². The number of Topliss-reactive ketones (excluding diaryl/α,β-unsaturated/α-hetero) is 1. The van der Waals surface area contributed by atoms with Gasteiger partial charge < -0.3 is 15.3 Å². The summed E-state index contributed by atoms with van der Waals surface area (Å²) in [6.45, 7) is 1.85. The van der Waals surface area contributed by atoms with Crippen LogP contribution in [0.3, 0.4) is 0 Å². The van der Waals surface area contributed by atoms with Gasteiger partial charge >= 0.3 is 12.1 Å². The van der Waals surface area contributed by atoms with Gasteiger partial charge in [-0.1, -0.05) is 23.7 Å². The lowest BCUT2D eigenvalue weighted by atomic mass is 9.96. The van der Waals surface area contributed by atoms with Crippen LogP contribution in [0.2, 0.25) is 5.02 Å². The number of carboxylic acid groups (broad SMARTS) is 1. The zero-order valence-corrected chi connectivity index (χ0v) is 22.5. The number of hydrogen-bond acceptors (Lipinski definition) is 7. The van der Waals surface area contributed by atoms with E-state index in [0.29, 0.717) is 30.9 Å². The molecule has 212 valence electrons. The summed E-state index contributed by atoms with van der Waals surface area (Å²) in [5, 5.41) is 17.6. The molecule has 0 aliphatic carbocycles. The number of thiazole rings is 1. The molecule has 15 heteroatoms. The van der Waals surface area contributed by atoms with Crippen molar-refractivity contribution < 1.29 is 37.5 Å². The number of nitrogens with one attached hydrogen (secondary N) is 1. The fourth-order valence-electron chi connectivity index (χ4n) is 4.30. The number of benzene rings is 1. The molecule has 40 heavy (non-hydrogen) atoms. The van der Waals surface area contributed by atoms with E-state index in [-0.39, 0.29) is 40.5 Å². The molecule has 4 rings (SSSR count). The Morgan fingerprint density at radius 1 is 1.20 bits per heavy atom. The minimum Gasteiger partial charge on any atom is -0.480 e. The first kappa shape index (κ1) is 29.2. The van der Waals surface area contributed by atoms with Gasteiger partial charge in [-0.3, -0.25) is 23.9 Å². The lowest BCUT2D eigenvalue weighted by molar-refractivity contribution is -0.143. The Morgan fingerprint density at radius 2 is 1.88 bits per heavy atom. The third-order valence-corrected chi connectivity index (χ3v) is 7.77. The number of carbonyl (C=O) groups excluding carboxylic acids is 3. The molecule has 3 aromatic rings. The molecular formula is C25H23ClF3N5O5S. The normalized spacial score (nSPS) is 15.1. The molecule has 1 atom stereocenters. The van der Waals surface area contributed by atoms with Crippen LogP contribution in [0, 0.1) is 12.8 Å². The van der Waals surface area contributed by atoms with Gasteiger partial charge in [-0.05, 0) is 38.0 Å². The summed E-state index contributed by atoms with van der Waals surface area (Å²) in [6, 6.07) is 6.72. The Balaban J connectivity index is 1.34. The zero-order chi connectivity index (χ0) is 29.2. The lowest BCUT2D eigenvalue weighted by Gasteiger charge is -2.31. The number of amides is 2. The van der Waals surface area contributed by atoms with E-state index >= 15 is 0 Å². The van der Waals surface area contributed by atoms with Gasteiger partial charge in [-0.15, -0.1) is 11.3 Å². The standard InChI is InChI=1S/C25H23ClF3N5O5S/c1-13-10-17(25(27,28)29)32-34(13)11-19(35)33-8-6-14(7-9-33)23-31-18(12-40-23)30-22(37)20(24(38)39)21(36)15-4-2-3-5-16(15)26/h2-5,10,12,14,20H,6-9,11H2,1H3,(H,30,37)(H,38,39). The van der Waals surface area contributed by atoms with Gasteiger partial charge in [0.15, 0.2) is 17.4 Å². The minimum absolute atomic E-state index is 0.0260. The Kier molecular flexibility index (Phi) is 8.59. The predicted molar refractivity (Wildman–Crippen MR) is 138 cm³/mol. The molecule has 1 saturated heterocycles. The maximum Gasteiger partial charge on any atom is 0.435 e. The Morgan fingerprint density at radius 3 is 2.48 bits per heavy atom. The SMILES string of the molecule is Cc1cc(C(F)(F)F)nn1CC(=O)N1CCC(c2nc(NC(=O)C(C(=O)O)C(=O)c3ccccc3Cl)cs2)CC1. The molecule has 1 aliphatic rings. The van der Waals surface area contributed by atoms with Gasteiger partial charge in [0, 0.05) is 35.6 Å². The van der Waals surface area contributed by atoms with Gasteiger partial charge in [0.2, 0.25) is 11.8 Å². The van der Waals surface area contributed by atoms with Crippen molar-refractivity contribution in [2.45, 2.75) is 38.4 Å². The van der Waals surface area contributed by atoms with Crippen molar-refractivity contribution in [3.05, 3.63) is 62.7 Å². The number of aryl methyl sites for hydroxylation is 1. The first-order chi connectivity index (χ1) is 18.8. The molecule has 0 spiro atoms. The van der Waals surface area contributed by atoms with Gasteiger partial charge in [0.25, 0.3) is 0 Å². The molecule has 1 aromatic carbocycles. The van der Waals surface area contributed by atoms with Crippen molar-refractivity contribution in [2.75, 3.05) is 18.4 Å². The highest BCUT2D eigenvalue weighted by Crippen LogP contribution is 2.32. The molecule has 2 aromatic heterocycles. The zero-order valence-electron chi connectivity index (χ0n) is 20.9. The van der Waals surface area contributed by atoms with Crippen LogP contribution in [-0.4, -0.2) is 61.4 Å². The van der Waals surface area contributed by atoms with E-state index in [2.05, 4.69) is 15.4 Å². The van der Waals surface area contributed by atoms with Crippen LogP contribution in [0.25, 0.3) is 0 Å². The van der Waals surface area contributed by atoms with Crippen LogP contribution in [0.15, 0.2) is 35.7 Å². The van der Waals surface area contributed by atoms with Crippen LogP contribution in [0.4, 0.5) is 19.0 Å². The fraction of sp³-hybridized carbons (Fsp3) is 0.360. The summed E-state index contributed by atoms with van der Waals surface area (Å²) in [4.78, 5) is 55.8. The third-order valence-electron chi connectivity index (χ3n) is 6.44. The minimum atomic E-state index is -4.59. The maximum absolute atomic E-state index is 12.9. The summed E-state index contributed by atoms with van der Waals surface area (Å²) < 4.78 is 39.7. The van der Waals surface area contributed by atoms with E-state index in [9.17, 15) is 37.5 Å². The van der Waals surface area contributed by atoms with Gasteiger partial charge in [-0.2, -0.15) is 18.3 Å². The van der Waals surface area contributed by atoms with Crippen LogP contribution in [0.1, 0.15) is 45.5 Å². The molecule has 0 bridgehead atoms. The first-order valence-electron chi connectivity index (χ1n) is 12.0. The van der Waals surface area contributed by atoms with Crippen LogP contribution in [-0.2, 0) is 27.1 Å². The van der Waals surface area contributed by atoms with E-state index in [1.54, 1.807) is 11.0 Å². The number of carboxylic acids is 1. The smallest absolute Gasteiger partial charge is 0.435 e. The number of nitrogens with zero attached hydrogens (tertiary/aromatic N) is 4. The number of likely N-dealkylation sites (tertiary alicyclic amines) is 1. The topological polar surface area (TPSA) is 134 Å². The van der Waals surface area contributed by atoms with Crippen LogP contribution >= 0.6 is 22.9 Å². The quantitative estimate of drug-likeness (QED) is 0.293. The van der Waals surface area contributed by atoms with E-state index in [4.69, 9.17) is 11.6 Å². The number of alkyl halides is 3. The van der Waals surface area contributed by atoms with Crippen molar-refractivity contribution in [3.63, 3.8) is 0 Å². The maximum atomic E-state index is 12.9. The van der Waals surface area contributed by atoms with E-state index in [1.165, 1.54) is 41.8 Å². The number of piperidine rings is 1. The number of aliphatic carboxylic acids is 1. The average Bonchev–Trinajstić information content (AvgIpc) is 3.50. The molecule has 3 heterocycles. The Bertz CT molecular complexity index is 1450. The van der Waals surface area contributed by atoms with Crippen LogP contribution in [0.5, 0.6) is 0 Å². The highest BCUT2D eigenvalue weighted by atomic mass is 35.5. The summed E-state index contributed by atoms with van der Waals surface area (Å²) in [5.74, 6) is -5.98. The lowest BCUT2D eigenvalue weighted by Crippen LogP contribution is -2.40. The monoisotopic (exact) mass is 597 g/mol. The molecule has 2 amide bonds. The summed E-state index contributed by atoms with van der Waals surface area (Å²) >= 11 is 7.23. The van der Waals surface area contributed by atoms with Gasteiger partial charge in [0.05, 0.1) is 10.0 Å². The van der Waals surface area contributed by atoms with E-state index in [1.807, 2.05) is 0 Å². The fourth-order valence-corrected chi connectivity index (χ4v) is 5.46. The van der Waals surface area contributed by atoms with Crippen molar-refractivity contribution in [1.29, 1.82) is 0 Å². The molecule has 0 radical (unpaired) electrons. The number of aromatic nitrogens is 3. The summed E-state index contributed by atoms with van der Waals surface area (Å²) in [5.41, 5.74) is -0.909. The molecule has 1 unspecified atom stereocenters. The number of hydrogen-bond donors (Lipinski definition) is 2. The van der Waals surface area contributed by atoms with E-state index in [0.717, 1.165) is 10.7 Å². The van der Waals surface area contributed by atoms with Crippen molar-refractivity contribution in [2.24, 2.45) is 5.92 Å². The second kappa shape index (κ2) is 11.8. The second-order valence-electron chi connectivity index (χ2n) is 9.16. The molecule has 0 saturated carbocycles. The van der Waals surface area contributed by atoms with Crippen LogP contribution < -0.4 is 5.32 Å².